The Morgan fingerprint density at radius 1 is 1.24 bits per heavy atom. The van der Waals surface area contributed by atoms with Crippen LogP contribution in [0.15, 0.2) is 12.4 Å². The molecule has 1 aromatic heterocycles. The molecule has 1 fully saturated rings. The fourth-order valence-corrected chi connectivity index (χ4v) is 2.45. The van der Waals surface area contributed by atoms with Crippen LogP contribution in [0.5, 0.6) is 0 Å². The highest BCUT2D eigenvalue weighted by atomic mass is 16.1. The van der Waals surface area contributed by atoms with Gasteiger partial charge in [-0.15, -0.1) is 0 Å². The number of nitrogens with zero attached hydrogens (tertiary/aromatic N) is 4. The maximum atomic E-state index is 11.8. The van der Waals surface area contributed by atoms with Gasteiger partial charge >= 0.3 is 0 Å². The lowest BCUT2D eigenvalue weighted by Crippen LogP contribution is -2.46. The second-order valence-electron chi connectivity index (χ2n) is 5.72. The third kappa shape index (κ3) is 4.39. The number of hydrogen-bond acceptors (Lipinski definition) is 5. The summed E-state index contributed by atoms with van der Waals surface area (Å²) in [6, 6.07) is 0.102. The number of rotatable bonds is 5. The zero-order valence-corrected chi connectivity index (χ0v) is 13.2. The van der Waals surface area contributed by atoms with Crippen molar-refractivity contribution in [3.8, 4) is 0 Å². The van der Waals surface area contributed by atoms with Crippen molar-refractivity contribution in [2.75, 3.05) is 37.6 Å². The van der Waals surface area contributed by atoms with E-state index in [9.17, 15) is 4.79 Å². The van der Waals surface area contributed by atoms with Gasteiger partial charge < -0.3 is 10.2 Å². The SMILES string of the molecule is CCCN1CCN(c2cnc(C(=O)NC(C)C)cn2)CC1. The molecule has 1 aliphatic rings. The summed E-state index contributed by atoms with van der Waals surface area (Å²) < 4.78 is 0. The molecule has 116 valence electrons. The minimum atomic E-state index is -0.170. The Morgan fingerprint density at radius 2 is 1.95 bits per heavy atom. The molecule has 0 aliphatic carbocycles. The van der Waals surface area contributed by atoms with Crippen LogP contribution in [-0.2, 0) is 0 Å². The summed E-state index contributed by atoms with van der Waals surface area (Å²) in [5.41, 5.74) is 0.372. The van der Waals surface area contributed by atoms with Crippen molar-refractivity contribution in [1.29, 1.82) is 0 Å². The number of aromatic nitrogens is 2. The predicted molar refractivity (Wildman–Crippen MR) is 83.6 cm³/mol. The zero-order chi connectivity index (χ0) is 15.2. The third-order valence-corrected chi connectivity index (χ3v) is 3.53. The summed E-state index contributed by atoms with van der Waals surface area (Å²) in [5.74, 6) is 0.684. The van der Waals surface area contributed by atoms with Gasteiger partial charge in [-0.1, -0.05) is 6.92 Å². The van der Waals surface area contributed by atoms with Gasteiger partial charge in [0.1, 0.15) is 11.5 Å². The first-order valence-electron chi connectivity index (χ1n) is 7.70. The second kappa shape index (κ2) is 7.36. The lowest BCUT2D eigenvalue weighted by atomic mass is 10.3. The molecule has 0 aromatic carbocycles. The molecule has 21 heavy (non-hydrogen) atoms. The lowest BCUT2D eigenvalue weighted by Gasteiger charge is -2.35. The Kier molecular flexibility index (Phi) is 5.50. The van der Waals surface area contributed by atoms with Gasteiger partial charge in [-0.3, -0.25) is 9.69 Å². The van der Waals surface area contributed by atoms with Gasteiger partial charge in [-0.05, 0) is 26.8 Å². The molecule has 0 bridgehead atoms. The van der Waals surface area contributed by atoms with Gasteiger partial charge in [0.15, 0.2) is 0 Å². The van der Waals surface area contributed by atoms with E-state index in [1.165, 1.54) is 6.42 Å². The number of hydrogen-bond donors (Lipinski definition) is 1. The van der Waals surface area contributed by atoms with Crippen molar-refractivity contribution in [3.05, 3.63) is 18.1 Å². The molecular weight excluding hydrogens is 266 g/mol. The van der Waals surface area contributed by atoms with Crippen LogP contribution in [0.25, 0.3) is 0 Å². The van der Waals surface area contributed by atoms with Crippen LogP contribution in [0.2, 0.25) is 0 Å². The van der Waals surface area contributed by atoms with Crippen LogP contribution in [0.1, 0.15) is 37.7 Å². The van der Waals surface area contributed by atoms with E-state index in [-0.39, 0.29) is 11.9 Å². The molecule has 2 heterocycles. The number of carbonyl (C=O) groups excluding carboxylic acids is 1. The Bertz CT molecular complexity index is 452. The van der Waals surface area contributed by atoms with Gasteiger partial charge in [0, 0.05) is 32.2 Å². The van der Waals surface area contributed by atoms with Crippen molar-refractivity contribution in [2.24, 2.45) is 0 Å². The summed E-state index contributed by atoms with van der Waals surface area (Å²) in [6.07, 6.45) is 4.45. The fourth-order valence-electron chi connectivity index (χ4n) is 2.45. The van der Waals surface area contributed by atoms with Crippen molar-refractivity contribution < 1.29 is 4.79 Å². The highest BCUT2D eigenvalue weighted by Crippen LogP contribution is 2.12. The van der Waals surface area contributed by atoms with Crippen LogP contribution in [0, 0.1) is 0 Å². The fraction of sp³-hybridized carbons (Fsp3) is 0.667. The predicted octanol–water partition coefficient (Wildman–Crippen LogP) is 1.15. The van der Waals surface area contributed by atoms with E-state index in [4.69, 9.17) is 0 Å². The first-order valence-corrected chi connectivity index (χ1v) is 7.70. The van der Waals surface area contributed by atoms with E-state index in [1.54, 1.807) is 12.4 Å². The van der Waals surface area contributed by atoms with E-state index >= 15 is 0 Å². The van der Waals surface area contributed by atoms with Gasteiger partial charge in [-0.25, -0.2) is 9.97 Å². The normalized spacial score (nSPS) is 16.3. The van der Waals surface area contributed by atoms with E-state index in [1.807, 2.05) is 13.8 Å². The van der Waals surface area contributed by atoms with Crippen LogP contribution < -0.4 is 10.2 Å². The van der Waals surface area contributed by atoms with Gasteiger partial charge in [0.2, 0.25) is 0 Å². The molecule has 6 nitrogen and oxygen atoms in total. The average Bonchev–Trinajstić information content (AvgIpc) is 2.48. The Hall–Kier alpha value is -1.69. The molecule has 0 spiro atoms. The maximum Gasteiger partial charge on any atom is 0.271 e. The summed E-state index contributed by atoms with van der Waals surface area (Å²) in [6.45, 7) is 11.3. The highest BCUT2D eigenvalue weighted by Gasteiger charge is 2.18. The average molecular weight is 291 g/mol. The zero-order valence-electron chi connectivity index (χ0n) is 13.2. The molecular formula is C15H25N5O. The number of amides is 1. The first-order chi connectivity index (χ1) is 10.1. The molecule has 1 N–H and O–H groups in total. The first kappa shape index (κ1) is 15.7. The molecule has 0 saturated carbocycles. The monoisotopic (exact) mass is 291 g/mol. The molecule has 0 unspecified atom stereocenters. The van der Waals surface area contributed by atoms with E-state index in [0.717, 1.165) is 38.5 Å². The molecule has 0 radical (unpaired) electrons. The highest BCUT2D eigenvalue weighted by molar-refractivity contribution is 5.92. The van der Waals surface area contributed by atoms with Crippen LogP contribution in [0.4, 0.5) is 5.82 Å². The van der Waals surface area contributed by atoms with Crippen LogP contribution >= 0.6 is 0 Å². The molecule has 1 aliphatic heterocycles. The summed E-state index contributed by atoms with van der Waals surface area (Å²) in [4.78, 5) is 25.1. The van der Waals surface area contributed by atoms with Crippen LogP contribution in [0.3, 0.4) is 0 Å². The minimum absolute atomic E-state index is 0.102. The molecule has 0 atom stereocenters. The van der Waals surface area contributed by atoms with Crippen molar-refractivity contribution in [1.82, 2.24) is 20.2 Å². The quantitative estimate of drug-likeness (QED) is 0.881. The minimum Gasteiger partial charge on any atom is -0.353 e. The Morgan fingerprint density at radius 3 is 2.48 bits per heavy atom. The molecule has 2 rings (SSSR count). The number of nitrogens with one attached hydrogen (secondary N) is 1. The standard InChI is InChI=1S/C15H25N5O/c1-4-5-19-6-8-20(9-7-19)14-11-16-13(10-17-14)15(21)18-12(2)3/h10-12H,4-9H2,1-3H3,(H,18,21). The number of piperazine rings is 1. The second-order valence-corrected chi connectivity index (χ2v) is 5.72. The summed E-state index contributed by atoms with van der Waals surface area (Å²) >= 11 is 0. The van der Waals surface area contributed by atoms with Crippen molar-refractivity contribution in [3.63, 3.8) is 0 Å². The Balaban J connectivity index is 1.92. The van der Waals surface area contributed by atoms with E-state index < -0.39 is 0 Å². The van der Waals surface area contributed by atoms with Gasteiger partial charge in [-0.2, -0.15) is 0 Å². The molecule has 1 aromatic rings. The molecule has 6 heteroatoms. The topological polar surface area (TPSA) is 61.4 Å². The summed E-state index contributed by atoms with van der Waals surface area (Å²) in [5, 5.41) is 2.82. The molecule has 1 amide bonds. The van der Waals surface area contributed by atoms with Crippen molar-refractivity contribution >= 4 is 11.7 Å². The van der Waals surface area contributed by atoms with E-state index in [0.29, 0.717) is 5.69 Å². The lowest BCUT2D eigenvalue weighted by molar-refractivity contribution is 0.0937. The van der Waals surface area contributed by atoms with E-state index in [2.05, 4.69) is 32.0 Å². The van der Waals surface area contributed by atoms with Gasteiger partial charge in [0.05, 0.1) is 12.4 Å². The number of anilines is 1. The largest absolute Gasteiger partial charge is 0.353 e. The third-order valence-electron chi connectivity index (χ3n) is 3.53. The number of carbonyl (C=O) groups is 1. The van der Waals surface area contributed by atoms with Gasteiger partial charge in [0.25, 0.3) is 5.91 Å². The Labute approximate surface area is 126 Å². The maximum absolute atomic E-state index is 11.8. The van der Waals surface area contributed by atoms with Crippen LogP contribution in [-0.4, -0.2) is 59.5 Å². The smallest absolute Gasteiger partial charge is 0.271 e. The van der Waals surface area contributed by atoms with Crippen molar-refractivity contribution in [2.45, 2.75) is 33.2 Å². The molecule has 1 saturated heterocycles. The summed E-state index contributed by atoms with van der Waals surface area (Å²) in [7, 11) is 0.